The molecule has 0 aromatic heterocycles. The summed E-state index contributed by atoms with van der Waals surface area (Å²) in [6, 6.07) is 15.1. The molecule has 0 unspecified atom stereocenters. The summed E-state index contributed by atoms with van der Waals surface area (Å²) >= 11 is 0. The molecule has 0 saturated carbocycles. The number of hydrogen-bond acceptors (Lipinski definition) is 2. The number of aryl methyl sites for hydroxylation is 1. The topological polar surface area (TPSA) is 58.0 Å². The molecule has 0 fully saturated rings. The van der Waals surface area contributed by atoms with Gasteiger partial charge >= 0.3 is 0 Å². The minimum Gasteiger partial charge on any atom is -0.457 e. The van der Waals surface area contributed by atoms with E-state index in [2.05, 4.69) is 29.1 Å². The number of rotatable bonds is 5. The second-order valence-corrected chi connectivity index (χ2v) is 4.18. The molecule has 4 heteroatoms. The summed E-state index contributed by atoms with van der Waals surface area (Å²) in [6.45, 7) is 2.16. The normalized spacial score (nSPS) is 9.74. The van der Waals surface area contributed by atoms with E-state index in [0.29, 0.717) is 5.69 Å². The van der Waals surface area contributed by atoms with Gasteiger partial charge in [0.25, 0.3) is 0 Å². The third-order valence-corrected chi connectivity index (χ3v) is 2.69. The van der Waals surface area contributed by atoms with Crippen LogP contribution in [0.1, 0.15) is 18.9 Å². The SMILES string of the molecule is CCCc1ccc(Oc2ccc(N=[N+]=[N-])cc2)cc1. The molecular weight excluding hydrogens is 238 g/mol. The van der Waals surface area contributed by atoms with Crippen molar-refractivity contribution < 1.29 is 4.74 Å². The molecule has 0 amide bonds. The molecular formula is C15H15N3O. The van der Waals surface area contributed by atoms with Crippen LogP contribution in [-0.4, -0.2) is 0 Å². The highest BCUT2D eigenvalue weighted by atomic mass is 16.5. The molecule has 19 heavy (non-hydrogen) atoms. The summed E-state index contributed by atoms with van der Waals surface area (Å²) in [5.74, 6) is 1.52. The van der Waals surface area contributed by atoms with Crippen LogP contribution in [0.25, 0.3) is 10.4 Å². The lowest BCUT2D eigenvalue weighted by Gasteiger charge is -2.06. The second kappa shape index (κ2) is 6.47. The van der Waals surface area contributed by atoms with Crippen molar-refractivity contribution >= 4 is 5.69 Å². The Morgan fingerprint density at radius 3 is 2.11 bits per heavy atom. The maximum Gasteiger partial charge on any atom is 0.127 e. The van der Waals surface area contributed by atoms with Crippen LogP contribution in [0.4, 0.5) is 5.69 Å². The highest BCUT2D eigenvalue weighted by molar-refractivity contribution is 5.42. The van der Waals surface area contributed by atoms with Crippen molar-refractivity contribution in [2.45, 2.75) is 19.8 Å². The van der Waals surface area contributed by atoms with Crippen molar-refractivity contribution in [3.8, 4) is 11.5 Å². The van der Waals surface area contributed by atoms with E-state index in [4.69, 9.17) is 10.3 Å². The zero-order valence-corrected chi connectivity index (χ0v) is 10.8. The van der Waals surface area contributed by atoms with E-state index in [1.54, 1.807) is 24.3 Å². The summed E-state index contributed by atoms with van der Waals surface area (Å²) in [4.78, 5) is 2.73. The van der Waals surface area contributed by atoms with Crippen molar-refractivity contribution in [1.29, 1.82) is 0 Å². The van der Waals surface area contributed by atoms with Crippen LogP contribution in [0.2, 0.25) is 0 Å². The van der Waals surface area contributed by atoms with Gasteiger partial charge in [0, 0.05) is 10.6 Å². The maximum atomic E-state index is 8.32. The van der Waals surface area contributed by atoms with Gasteiger partial charge in [-0.15, -0.1) is 0 Å². The van der Waals surface area contributed by atoms with E-state index < -0.39 is 0 Å². The highest BCUT2D eigenvalue weighted by Gasteiger charge is 1.98. The lowest BCUT2D eigenvalue weighted by Crippen LogP contribution is -1.86. The molecule has 0 aliphatic rings. The molecule has 2 aromatic rings. The van der Waals surface area contributed by atoms with Gasteiger partial charge in [-0.1, -0.05) is 30.6 Å². The Balaban J connectivity index is 2.05. The van der Waals surface area contributed by atoms with Gasteiger partial charge in [0.15, 0.2) is 0 Å². The molecule has 96 valence electrons. The summed E-state index contributed by atoms with van der Waals surface area (Å²) in [6.07, 6.45) is 2.22. The monoisotopic (exact) mass is 253 g/mol. The predicted octanol–water partition coefficient (Wildman–Crippen LogP) is 5.37. The average molecular weight is 253 g/mol. The van der Waals surface area contributed by atoms with E-state index in [1.807, 2.05) is 12.1 Å². The van der Waals surface area contributed by atoms with Crippen LogP contribution in [0.5, 0.6) is 11.5 Å². The number of hydrogen-bond donors (Lipinski definition) is 0. The minimum absolute atomic E-state index is 0.577. The first-order chi connectivity index (χ1) is 9.31. The standard InChI is InChI=1S/C15H15N3O/c1-2-3-12-4-8-14(9-5-12)19-15-10-6-13(7-11-15)17-18-16/h4-11H,2-3H2,1H3. The van der Waals surface area contributed by atoms with Gasteiger partial charge in [-0.2, -0.15) is 0 Å². The Bertz CT molecular complexity index is 569. The first-order valence-corrected chi connectivity index (χ1v) is 6.24. The maximum absolute atomic E-state index is 8.32. The molecule has 0 bridgehead atoms. The van der Waals surface area contributed by atoms with E-state index in [9.17, 15) is 0 Å². The Morgan fingerprint density at radius 1 is 1.00 bits per heavy atom. The van der Waals surface area contributed by atoms with Gasteiger partial charge in [-0.05, 0) is 53.9 Å². The fourth-order valence-electron chi connectivity index (χ4n) is 1.78. The molecule has 0 spiro atoms. The van der Waals surface area contributed by atoms with Crippen LogP contribution in [0, 0.1) is 0 Å². The molecule has 0 aliphatic heterocycles. The first-order valence-electron chi connectivity index (χ1n) is 6.24. The quantitative estimate of drug-likeness (QED) is 0.401. The summed E-state index contributed by atoms with van der Waals surface area (Å²) in [7, 11) is 0. The predicted molar refractivity (Wildman–Crippen MR) is 75.8 cm³/mol. The largest absolute Gasteiger partial charge is 0.457 e. The molecule has 2 rings (SSSR count). The smallest absolute Gasteiger partial charge is 0.127 e. The molecule has 0 radical (unpaired) electrons. The lowest BCUT2D eigenvalue weighted by atomic mass is 10.1. The molecule has 0 saturated heterocycles. The third-order valence-electron chi connectivity index (χ3n) is 2.69. The third kappa shape index (κ3) is 3.76. The lowest BCUT2D eigenvalue weighted by molar-refractivity contribution is 0.482. The Kier molecular flexibility index (Phi) is 4.43. The fraction of sp³-hybridized carbons (Fsp3) is 0.200. The van der Waals surface area contributed by atoms with Crippen LogP contribution in [0.15, 0.2) is 53.6 Å². The van der Waals surface area contributed by atoms with Gasteiger partial charge in [0.05, 0.1) is 0 Å². The second-order valence-electron chi connectivity index (χ2n) is 4.18. The zero-order valence-electron chi connectivity index (χ0n) is 10.8. The highest BCUT2D eigenvalue weighted by Crippen LogP contribution is 2.24. The van der Waals surface area contributed by atoms with E-state index >= 15 is 0 Å². The van der Waals surface area contributed by atoms with Crippen LogP contribution in [0.3, 0.4) is 0 Å². The molecule has 4 nitrogen and oxygen atoms in total. The van der Waals surface area contributed by atoms with Gasteiger partial charge in [-0.3, -0.25) is 0 Å². The Morgan fingerprint density at radius 2 is 1.58 bits per heavy atom. The fourth-order valence-corrected chi connectivity index (χ4v) is 1.78. The Labute approximate surface area is 112 Å². The van der Waals surface area contributed by atoms with Crippen molar-refractivity contribution in [2.24, 2.45) is 5.11 Å². The number of nitrogens with zero attached hydrogens (tertiary/aromatic N) is 3. The van der Waals surface area contributed by atoms with Crippen LogP contribution < -0.4 is 4.74 Å². The Hall–Kier alpha value is -2.45. The van der Waals surface area contributed by atoms with Crippen molar-refractivity contribution in [3.63, 3.8) is 0 Å². The average Bonchev–Trinajstić information content (AvgIpc) is 2.44. The summed E-state index contributed by atoms with van der Waals surface area (Å²) in [5, 5.41) is 3.51. The molecule has 2 aromatic carbocycles. The molecule has 0 atom stereocenters. The minimum atomic E-state index is 0.577. The van der Waals surface area contributed by atoms with Gasteiger partial charge in [0.2, 0.25) is 0 Å². The summed E-state index contributed by atoms with van der Waals surface area (Å²) < 4.78 is 5.71. The first kappa shape index (κ1) is 13.0. The molecule has 0 N–H and O–H groups in total. The zero-order chi connectivity index (χ0) is 13.5. The van der Waals surface area contributed by atoms with Gasteiger partial charge in [-0.25, -0.2) is 0 Å². The number of azide groups is 1. The molecule has 0 aliphatic carbocycles. The van der Waals surface area contributed by atoms with E-state index in [-0.39, 0.29) is 0 Å². The van der Waals surface area contributed by atoms with Gasteiger partial charge < -0.3 is 4.74 Å². The van der Waals surface area contributed by atoms with Crippen LogP contribution in [-0.2, 0) is 6.42 Å². The summed E-state index contributed by atoms with van der Waals surface area (Å²) in [5.41, 5.74) is 10.2. The number of ether oxygens (including phenoxy) is 1. The van der Waals surface area contributed by atoms with Gasteiger partial charge in [0.1, 0.15) is 11.5 Å². The van der Waals surface area contributed by atoms with E-state index in [1.165, 1.54) is 5.56 Å². The van der Waals surface area contributed by atoms with E-state index in [0.717, 1.165) is 24.3 Å². The van der Waals surface area contributed by atoms with Crippen LogP contribution >= 0.6 is 0 Å². The van der Waals surface area contributed by atoms with Crippen molar-refractivity contribution in [1.82, 2.24) is 0 Å². The van der Waals surface area contributed by atoms with Crippen molar-refractivity contribution in [3.05, 3.63) is 64.5 Å². The molecule has 0 heterocycles. The number of benzene rings is 2. The van der Waals surface area contributed by atoms with Crippen molar-refractivity contribution in [2.75, 3.05) is 0 Å².